The molecule has 2 aromatic rings. The van der Waals surface area contributed by atoms with E-state index in [1.165, 1.54) is 121 Å². The second-order valence-corrected chi connectivity index (χ2v) is 12.5. The van der Waals surface area contributed by atoms with Gasteiger partial charge in [0.25, 0.3) is 0 Å². The summed E-state index contributed by atoms with van der Waals surface area (Å²) in [7, 11) is 0. The zero-order valence-corrected chi connectivity index (χ0v) is 23.7. The van der Waals surface area contributed by atoms with E-state index in [-0.39, 0.29) is 0 Å². The van der Waals surface area contributed by atoms with E-state index < -0.39 is 17.5 Å². The van der Waals surface area contributed by atoms with Gasteiger partial charge >= 0.3 is 0 Å². The van der Waals surface area contributed by atoms with Crippen LogP contribution in [0.3, 0.4) is 0 Å². The first-order chi connectivity index (χ1) is 18.5. The summed E-state index contributed by atoms with van der Waals surface area (Å²) >= 11 is 0. The summed E-state index contributed by atoms with van der Waals surface area (Å²) in [5.41, 5.74) is 2.88. The molecule has 0 atom stereocenters. The lowest BCUT2D eigenvalue weighted by molar-refractivity contribution is 0.0379. The molecule has 0 aliphatic heterocycles. The molecule has 210 valence electrons. The molecule has 0 aromatic heterocycles. The number of aryl methyl sites for hydroxylation is 1. The second-order valence-electron chi connectivity index (χ2n) is 12.5. The van der Waals surface area contributed by atoms with Crippen LogP contribution in [0, 0.1) is 34.7 Å². The zero-order chi connectivity index (χ0) is 26.8. The van der Waals surface area contributed by atoms with Gasteiger partial charge in [-0.2, -0.15) is 0 Å². The Bertz CT molecular complexity index is 942. The lowest BCUT2D eigenvalue weighted by atomic mass is 9.58. The molecule has 2 aromatic carbocycles. The fourth-order valence-electron chi connectivity index (χ4n) is 7.49. The van der Waals surface area contributed by atoms with Crippen molar-refractivity contribution in [1.82, 2.24) is 0 Å². The molecule has 0 heterocycles. The van der Waals surface area contributed by atoms with Crippen molar-refractivity contribution >= 4 is 0 Å². The van der Waals surface area contributed by atoms with Crippen LogP contribution in [0.25, 0.3) is 11.1 Å². The van der Waals surface area contributed by atoms with E-state index in [4.69, 9.17) is 0 Å². The minimum atomic E-state index is -1.41. The Kier molecular flexibility index (Phi) is 11.2. The van der Waals surface area contributed by atoms with Crippen molar-refractivity contribution in [1.29, 1.82) is 0 Å². The minimum absolute atomic E-state index is 0.380. The van der Waals surface area contributed by atoms with Crippen LogP contribution in [0.2, 0.25) is 0 Å². The molecule has 0 amide bonds. The second kappa shape index (κ2) is 14.6. The van der Waals surface area contributed by atoms with Crippen molar-refractivity contribution < 1.29 is 13.2 Å². The molecular formula is C35H49F3. The Morgan fingerprint density at radius 3 is 1.95 bits per heavy atom. The molecule has 0 bridgehead atoms. The molecular weight excluding hydrogens is 477 g/mol. The van der Waals surface area contributed by atoms with E-state index in [1.54, 1.807) is 0 Å². The highest BCUT2D eigenvalue weighted by Gasteiger charge is 2.41. The molecule has 0 saturated heterocycles. The Morgan fingerprint density at radius 2 is 1.32 bits per heavy atom. The molecule has 0 unspecified atom stereocenters. The Morgan fingerprint density at radius 1 is 0.711 bits per heavy atom. The number of unbranched alkanes of at least 4 members (excludes halogenated alkanes) is 6. The summed E-state index contributed by atoms with van der Waals surface area (Å²) in [4.78, 5) is 0. The highest BCUT2D eigenvalue weighted by atomic mass is 19.2. The van der Waals surface area contributed by atoms with Crippen molar-refractivity contribution in [3.63, 3.8) is 0 Å². The summed E-state index contributed by atoms with van der Waals surface area (Å²) < 4.78 is 40.8. The fourth-order valence-corrected chi connectivity index (χ4v) is 7.49. The first-order valence-electron chi connectivity index (χ1n) is 15.7. The molecule has 2 fully saturated rings. The number of rotatable bonds is 13. The van der Waals surface area contributed by atoms with Gasteiger partial charge in [-0.25, -0.2) is 13.2 Å². The van der Waals surface area contributed by atoms with E-state index >= 15 is 0 Å². The smallest absolute Gasteiger partial charge is 0.194 e. The van der Waals surface area contributed by atoms with E-state index in [1.807, 2.05) is 12.1 Å². The highest BCUT2D eigenvalue weighted by molar-refractivity contribution is 5.63. The molecule has 0 nitrogen and oxygen atoms in total. The van der Waals surface area contributed by atoms with Gasteiger partial charge in [0.1, 0.15) is 0 Å². The molecule has 4 rings (SSSR count). The third-order valence-corrected chi connectivity index (χ3v) is 9.97. The summed E-state index contributed by atoms with van der Waals surface area (Å²) in [5, 5.41) is 0. The van der Waals surface area contributed by atoms with Gasteiger partial charge in [-0.1, -0.05) is 102 Å². The van der Waals surface area contributed by atoms with E-state index in [2.05, 4.69) is 19.1 Å². The van der Waals surface area contributed by atoms with Crippen LogP contribution in [0.15, 0.2) is 36.4 Å². The van der Waals surface area contributed by atoms with E-state index in [9.17, 15) is 13.2 Å². The average molecular weight is 527 g/mol. The molecule has 0 N–H and O–H groups in total. The minimum Gasteiger partial charge on any atom is -0.204 e. The van der Waals surface area contributed by atoms with Crippen molar-refractivity contribution in [3.05, 3.63) is 59.4 Å². The van der Waals surface area contributed by atoms with Crippen molar-refractivity contribution in [2.75, 3.05) is 0 Å². The van der Waals surface area contributed by atoms with Crippen LogP contribution in [-0.4, -0.2) is 0 Å². The standard InChI is InChI=1S/C35H49F3/c1-2-3-4-5-6-7-9-12-27-19-22-35(23-20-27,31-13-10-8-11-14-31)24-21-28-15-17-29(18-16-28)30-25-32(36)34(38)33(37)26-30/h15-18,25-27,31H,2-14,19-24H2,1H3. The number of hydrogen-bond donors (Lipinski definition) is 0. The summed E-state index contributed by atoms with van der Waals surface area (Å²) in [6.07, 6.45) is 26.2. The molecule has 3 heteroatoms. The zero-order valence-electron chi connectivity index (χ0n) is 23.7. The highest BCUT2D eigenvalue weighted by Crippen LogP contribution is 2.52. The molecule has 0 spiro atoms. The largest absolute Gasteiger partial charge is 0.204 e. The van der Waals surface area contributed by atoms with E-state index in [0.29, 0.717) is 11.0 Å². The lowest BCUT2D eigenvalue weighted by Gasteiger charge is -2.48. The van der Waals surface area contributed by atoms with Gasteiger partial charge in [-0.05, 0) is 97.4 Å². The number of hydrogen-bond acceptors (Lipinski definition) is 0. The van der Waals surface area contributed by atoms with Gasteiger partial charge in [-0.3, -0.25) is 0 Å². The predicted octanol–water partition coefficient (Wildman–Crippen LogP) is 11.6. The topological polar surface area (TPSA) is 0 Å². The summed E-state index contributed by atoms with van der Waals surface area (Å²) in [6, 6.07) is 10.2. The lowest BCUT2D eigenvalue weighted by Crippen LogP contribution is -2.36. The first kappa shape index (κ1) is 29.2. The van der Waals surface area contributed by atoms with Crippen molar-refractivity contribution in [3.8, 4) is 11.1 Å². The van der Waals surface area contributed by atoms with E-state index in [0.717, 1.165) is 36.0 Å². The average Bonchev–Trinajstić information content (AvgIpc) is 2.95. The maximum atomic E-state index is 13.7. The van der Waals surface area contributed by atoms with Gasteiger partial charge in [0.2, 0.25) is 0 Å². The SMILES string of the molecule is CCCCCCCCCC1CCC(CCc2ccc(-c3cc(F)c(F)c(F)c3)cc2)(C2CCCCC2)CC1. The molecule has 2 saturated carbocycles. The van der Waals surface area contributed by atoms with Gasteiger partial charge in [0, 0.05) is 0 Å². The van der Waals surface area contributed by atoms with Crippen LogP contribution in [-0.2, 0) is 6.42 Å². The van der Waals surface area contributed by atoms with Crippen LogP contribution in [0.4, 0.5) is 13.2 Å². The van der Waals surface area contributed by atoms with Gasteiger partial charge in [-0.15, -0.1) is 0 Å². The summed E-state index contributed by atoms with van der Waals surface area (Å²) in [6.45, 7) is 2.29. The Labute approximate surface area is 229 Å². The van der Waals surface area contributed by atoms with Gasteiger partial charge < -0.3 is 0 Å². The Balaban J connectivity index is 1.32. The normalized spacial score (nSPS) is 22.6. The predicted molar refractivity (Wildman–Crippen MR) is 154 cm³/mol. The van der Waals surface area contributed by atoms with Crippen molar-refractivity contribution in [2.45, 2.75) is 129 Å². The Hall–Kier alpha value is -1.77. The molecule has 2 aliphatic carbocycles. The third kappa shape index (κ3) is 7.89. The van der Waals surface area contributed by atoms with Crippen LogP contribution in [0.5, 0.6) is 0 Å². The fraction of sp³-hybridized carbons (Fsp3) is 0.657. The maximum Gasteiger partial charge on any atom is 0.194 e. The van der Waals surface area contributed by atoms with Crippen LogP contribution < -0.4 is 0 Å². The van der Waals surface area contributed by atoms with Crippen molar-refractivity contribution in [2.24, 2.45) is 17.3 Å². The molecule has 38 heavy (non-hydrogen) atoms. The maximum absolute atomic E-state index is 13.7. The quantitative estimate of drug-likeness (QED) is 0.180. The summed E-state index contributed by atoms with van der Waals surface area (Å²) in [5.74, 6) is -1.88. The third-order valence-electron chi connectivity index (χ3n) is 9.97. The van der Waals surface area contributed by atoms with Crippen LogP contribution in [0.1, 0.15) is 128 Å². The van der Waals surface area contributed by atoms with Gasteiger partial charge in [0.15, 0.2) is 17.5 Å². The molecule has 0 radical (unpaired) electrons. The number of benzene rings is 2. The van der Waals surface area contributed by atoms with Crippen LogP contribution >= 0.6 is 0 Å². The monoisotopic (exact) mass is 526 g/mol. The van der Waals surface area contributed by atoms with Gasteiger partial charge in [0.05, 0.1) is 0 Å². The first-order valence-corrected chi connectivity index (χ1v) is 15.7. The number of halogens is 3. The molecule has 2 aliphatic rings.